The summed E-state index contributed by atoms with van der Waals surface area (Å²) in [7, 11) is 0. The number of hydrogen-bond donors (Lipinski definition) is 0. The highest BCUT2D eigenvalue weighted by molar-refractivity contribution is 14.1. The Morgan fingerprint density at radius 1 is 1.17 bits per heavy atom. The van der Waals surface area contributed by atoms with Crippen molar-refractivity contribution in [1.29, 1.82) is 0 Å². The molecule has 0 aromatic rings. The Hall–Kier alpha value is 0.730. The van der Waals surface area contributed by atoms with E-state index in [1.165, 1.54) is 30.1 Å². The third-order valence-electron chi connectivity index (χ3n) is 3.04. The molecule has 0 fully saturated rings. The predicted molar refractivity (Wildman–Crippen MR) is 66.0 cm³/mol. The Bertz CT molecular complexity index is 95.3. The number of alkyl halides is 1. The van der Waals surface area contributed by atoms with Gasteiger partial charge in [0.25, 0.3) is 0 Å². The van der Waals surface area contributed by atoms with Crippen molar-refractivity contribution < 1.29 is 0 Å². The number of rotatable bonds is 6. The predicted octanol–water partition coefficient (Wildman–Crippen LogP) is 4.66. The fourth-order valence-corrected chi connectivity index (χ4v) is 2.91. The third-order valence-corrected chi connectivity index (χ3v) is 4.65. The van der Waals surface area contributed by atoms with Gasteiger partial charge in [-0.2, -0.15) is 0 Å². The minimum absolute atomic E-state index is 0.644. The van der Waals surface area contributed by atoms with Gasteiger partial charge in [0.1, 0.15) is 0 Å². The van der Waals surface area contributed by atoms with Crippen LogP contribution in [0.1, 0.15) is 53.4 Å². The molecule has 0 bridgehead atoms. The molecule has 0 aliphatic heterocycles. The van der Waals surface area contributed by atoms with Crippen molar-refractivity contribution in [3.63, 3.8) is 0 Å². The van der Waals surface area contributed by atoms with Crippen molar-refractivity contribution in [2.45, 2.75) is 53.4 Å². The van der Waals surface area contributed by atoms with Gasteiger partial charge in [0, 0.05) is 4.43 Å². The average molecular weight is 282 g/mol. The van der Waals surface area contributed by atoms with Crippen LogP contribution >= 0.6 is 22.6 Å². The average Bonchev–Trinajstić information content (AvgIpc) is 2.08. The molecule has 0 N–H and O–H groups in total. The van der Waals surface area contributed by atoms with Gasteiger partial charge in [0.05, 0.1) is 0 Å². The van der Waals surface area contributed by atoms with E-state index in [-0.39, 0.29) is 0 Å². The molecule has 0 radical (unpaired) electrons. The molecule has 0 aliphatic carbocycles. The van der Waals surface area contributed by atoms with Gasteiger partial charge in [-0.15, -0.1) is 0 Å². The van der Waals surface area contributed by atoms with Gasteiger partial charge in [-0.05, 0) is 30.6 Å². The van der Waals surface area contributed by atoms with E-state index in [1.54, 1.807) is 0 Å². The van der Waals surface area contributed by atoms with Crippen molar-refractivity contribution in [3.8, 4) is 0 Å². The monoisotopic (exact) mass is 282 g/mol. The number of hydrogen-bond acceptors (Lipinski definition) is 0. The maximum absolute atomic E-state index is 2.55. The van der Waals surface area contributed by atoms with E-state index >= 15 is 0 Å². The SMILES string of the molecule is CCC(CC)(CI)CCC(C)C. The largest absolute Gasteiger partial charge is 0.0858 e. The van der Waals surface area contributed by atoms with Crippen molar-refractivity contribution in [3.05, 3.63) is 0 Å². The quantitative estimate of drug-likeness (QED) is 0.491. The molecule has 0 aromatic carbocycles. The van der Waals surface area contributed by atoms with Gasteiger partial charge in [-0.25, -0.2) is 0 Å². The molecule has 0 spiro atoms. The van der Waals surface area contributed by atoms with Gasteiger partial charge in [-0.1, -0.05) is 56.7 Å². The lowest BCUT2D eigenvalue weighted by molar-refractivity contribution is 0.263. The normalized spacial score (nSPS) is 12.5. The lowest BCUT2D eigenvalue weighted by atomic mass is 9.79. The second-order valence-electron chi connectivity index (χ2n) is 4.27. The Morgan fingerprint density at radius 3 is 1.92 bits per heavy atom. The molecular formula is C11H23I. The summed E-state index contributed by atoms with van der Waals surface area (Å²) < 4.78 is 1.32. The summed E-state index contributed by atoms with van der Waals surface area (Å²) in [6.45, 7) is 9.32. The molecule has 0 nitrogen and oxygen atoms in total. The summed E-state index contributed by atoms with van der Waals surface area (Å²) >= 11 is 2.55. The topological polar surface area (TPSA) is 0 Å². The molecule has 0 unspecified atom stereocenters. The van der Waals surface area contributed by atoms with Crippen molar-refractivity contribution >= 4 is 22.6 Å². The molecular weight excluding hydrogens is 259 g/mol. The van der Waals surface area contributed by atoms with Crippen LogP contribution in [0.4, 0.5) is 0 Å². The van der Waals surface area contributed by atoms with E-state index in [2.05, 4.69) is 50.3 Å². The third kappa shape index (κ3) is 4.11. The second-order valence-corrected chi connectivity index (χ2v) is 5.04. The van der Waals surface area contributed by atoms with Crippen molar-refractivity contribution in [2.75, 3.05) is 4.43 Å². The zero-order chi connectivity index (χ0) is 9.61. The minimum atomic E-state index is 0.644. The summed E-state index contributed by atoms with van der Waals surface area (Å²) in [6, 6.07) is 0. The van der Waals surface area contributed by atoms with Crippen LogP contribution in [0.2, 0.25) is 0 Å². The van der Waals surface area contributed by atoms with E-state index < -0.39 is 0 Å². The molecule has 0 aromatic heterocycles. The molecule has 0 amide bonds. The van der Waals surface area contributed by atoms with Gasteiger partial charge < -0.3 is 0 Å². The zero-order valence-electron chi connectivity index (χ0n) is 8.99. The number of halogens is 1. The molecule has 0 heterocycles. The Kier molecular flexibility index (Phi) is 6.60. The molecule has 0 aliphatic rings. The van der Waals surface area contributed by atoms with E-state index in [0.29, 0.717) is 5.41 Å². The van der Waals surface area contributed by atoms with Crippen molar-refractivity contribution in [2.24, 2.45) is 11.3 Å². The van der Waals surface area contributed by atoms with E-state index in [0.717, 1.165) is 5.92 Å². The molecule has 0 atom stereocenters. The fourth-order valence-electron chi connectivity index (χ4n) is 1.45. The maximum Gasteiger partial charge on any atom is 0.00518 e. The summed E-state index contributed by atoms with van der Waals surface area (Å²) in [5.41, 5.74) is 0.644. The summed E-state index contributed by atoms with van der Waals surface area (Å²) in [6.07, 6.45) is 5.50. The molecule has 0 saturated carbocycles. The Labute approximate surface area is 91.7 Å². The molecule has 1 heteroatoms. The first-order valence-electron chi connectivity index (χ1n) is 5.16. The smallest absolute Gasteiger partial charge is 0.00518 e. The van der Waals surface area contributed by atoms with Crippen LogP contribution in [0.5, 0.6) is 0 Å². The van der Waals surface area contributed by atoms with Gasteiger partial charge in [0.15, 0.2) is 0 Å². The Balaban J connectivity index is 3.93. The zero-order valence-corrected chi connectivity index (χ0v) is 11.1. The standard InChI is InChI=1S/C11H23I/c1-5-11(6-2,9-12)8-7-10(3)4/h10H,5-9H2,1-4H3. The van der Waals surface area contributed by atoms with Gasteiger partial charge in [0.2, 0.25) is 0 Å². The highest BCUT2D eigenvalue weighted by Gasteiger charge is 2.24. The van der Waals surface area contributed by atoms with Gasteiger partial charge >= 0.3 is 0 Å². The summed E-state index contributed by atoms with van der Waals surface area (Å²) in [4.78, 5) is 0. The molecule has 74 valence electrons. The van der Waals surface area contributed by atoms with Gasteiger partial charge in [-0.3, -0.25) is 0 Å². The highest BCUT2D eigenvalue weighted by atomic mass is 127. The first-order valence-corrected chi connectivity index (χ1v) is 6.68. The first kappa shape index (κ1) is 12.7. The summed E-state index contributed by atoms with van der Waals surface area (Å²) in [5, 5.41) is 0. The molecule has 0 saturated heterocycles. The van der Waals surface area contributed by atoms with Crippen LogP contribution in [0, 0.1) is 11.3 Å². The fraction of sp³-hybridized carbons (Fsp3) is 1.00. The van der Waals surface area contributed by atoms with Crippen LogP contribution < -0.4 is 0 Å². The van der Waals surface area contributed by atoms with Crippen molar-refractivity contribution in [1.82, 2.24) is 0 Å². The van der Waals surface area contributed by atoms with Crippen LogP contribution in [-0.2, 0) is 0 Å². The van der Waals surface area contributed by atoms with E-state index in [4.69, 9.17) is 0 Å². The minimum Gasteiger partial charge on any atom is -0.0858 e. The van der Waals surface area contributed by atoms with Crippen LogP contribution in [-0.4, -0.2) is 4.43 Å². The van der Waals surface area contributed by atoms with Crippen LogP contribution in [0.15, 0.2) is 0 Å². The second kappa shape index (κ2) is 6.22. The van der Waals surface area contributed by atoms with Crippen LogP contribution in [0.25, 0.3) is 0 Å². The lowest BCUT2D eigenvalue weighted by Gasteiger charge is -2.30. The summed E-state index contributed by atoms with van der Waals surface area (Å²) in [5.74, 6) is 0.866. The first-order chi connectivity index (χ1) is 5.60. The maximum atomic E-state index is 2.55. The van der Waals surface area contributed by atoms with Crippen LogP contribution in [0.3, 0.4) is 0 Å². The highest BCUT2D eigenvalue weighted by Crippen LogP contribution is 2.35. The molecule has 0 rings (SSSR count). The van der Waals surface area contributed by atoms with E-state index in [1.807, 2.05) is 0 Å². The lowest BCUT2D eigenvalue weighted by Crippen LogP contribution is -2.21. The van der Waals surface area contributed by atoms with E-state index in [9.17, 15) is 0 Å². The Morgan fingerprint density at radius 2 is 1.67 bits per heavy atom. The molecule has 12 heavy (non-hydrogen) atoms.